The molecule has 3 rings (SSSR count). The van der Waals surface area contributed by atoms with Crippen LogP contribution in [0.15, 0.2) is 50.9 Å². The molecule has 0 bridgehead atoms. The molecule has 0 radical (unpaired) electrons. The Hall–Kier alpha value is -1.10. The molecule has 3 aromatic rings. The smallest absolute Gasteiger partial charge is 0.169 e. The first-order valence-corrected chi connectivity index (χ1v) is 7.35. The summed E-state index contributed by atoms with van der Waals surface area (Å²) in [7, 11) is 1.95. The van der Waals surface area contributed by atoms with E-state index in [2.05, 4.69) is 50.9 Å². The topological polar surface area (TPSA) is 25.2 Å². The molecule has 0 aliphatic carbocycles. The van der Waals surface area contributed by atoms with Crippen LogP contribution in [-0.4, -0.2) is 7.05 Å². The van der Waals surface area contributed by atoms with Gasteiger partial charge < -0.3 is 9.73 Å². The highest BCUT2D eigenvalue weighted by molar-refractivity contribution is 9.10. The van der Waals surface area contributed by atoms with E-state index >= 15 is 0 Å². The van der Waals surface area contributed by atoms with E-state index in [9.17, 15) is 0 Å². The fourth-order valence-electron chi connectivity index (χ4n) is 2.18. The third-order valence-corrected chi connectivity index (χ3v) is 4.39. The molecule has 0 saturated heterocycles. The van der Waals surface area contributed by atoms with Crippen LogP contribution in [0.5, 0.6) is 0 Å². The van der Waals surface area contributed by atoms with Crippen molar-refractivity contribution in [2.75, 3.05) is 7.05 Å². The van der Waals surface area contributed by atoms with Gasteiger partial charge in [-0.1, -0.05) is 18.2 Å². The standard InChI is InChI=1S/C14H12BrNOS/c1-16-13(11-5-6-12(15)17-11)10-4-2-3-9-7-8-18-14(9)10/h2-8,13,16H,1H3. The van der Waals surface area contributed by atoms with Crippen molar-refractivity contribution in [1.82, 2.24) is 5.32 Å². The predicted molar refractivity (Wildman–Crippen MR) is 79.1 cm³/mol. The number of nitrogens with one attached hydrogen (secondary N) is 1. The summed E-state index contributed by atoms with van der Waals surface area (Å²) in [6.07, 6.45) is 0. The van der Waals surface area contributed by atoms with E-state index in [-0.39, 0.29) is 6.04 Å². The molecule has 1 N–H and O–H groups in total. The summed E-state index contributed by atoms with van der Waals surface area (Å²) in [5.41, 5.74) is 1.26. The van der Waals surface area contributed by atoms with Gasteiger partial charge in [0.1, 0.15) is 5.76 Å². The first-order chi connectivity index (χ1) is 8.79. The van der Waals surface area contributed by atoms with Crippen molar-refractivity contribution in [3.8, 4) is 0 Å². The van der Waals surface area contributed by atoms with Crippen molar-refractivity contribution in [1.29, 1.82) is 0 Å². The van der Waals surface area contributed by atoms with Gasteiger partial charge in [0, 0.05) is 4.70 Å². The molecule has 2 nitrogen and oxygen atoms in total. The molecule has 2 heterocycles. The van der Waals surface area contributed by atoms with Gasteiger partial charge in [0.15, 0.2) is 4.67 Å². The molecule has 92 valence electrons. The summed E-state index contributed by atoms with van der Waals surface area (Å²) in [5.74, 6) is 0.922. The molecular formula is C14H12BrNOS. The maximum absolute atomic E-state index is 5.68. The van der Waals surface area contributed by atoms with E-state index in [4.69, 9.17) is 4.42 Å². The summed E-state index contributed by atoms with van der Waals surface area (Å²) in [6.45, 7) is 0. The molecule has 0 aliphatic rings. The number of halogens is 1. The molecule has 0 fully saturated rings. The summed E-state index contributed by atoms with van der Waals surface area (Å²) in [5, 5.41) is 6.73. The van der Waals surface area contributed by atoms with E-state index < -0.39 is 0 Å². The lowest BCUT2D eigenvalue weighted by molar-refractivity contribution is 0.448. The van der Waals surface area contributed by atoms with Crippen LogP contribution in [0.1, 0.15) is 17.4 Å². The average Bonchev–Trinajstić information content (AvgIpc) is 2.99. The number of hydrogen-bond acceptors (Lipinski definition) is 3. The van der Waals surface area contributed by atoms with Crippen molar-refractivity contribution < 1.29 is 4.42 Å². The lowest BCUT2D eigenvalue weighted by Gasteiger charge is -2.15. The van der Waals surface area contributed by atoms with E-state index in [0.717, 1.165) is 10.4 Å². The molecule has 1 atom stereocenters. The highest BCUT2D eigenvalue weighted by Gasteiger charge is 2.18. The molecule has 4 heteroatoms. The average molecular weight is 322 g/mol. The highest BCUT2D eigenvalue weighted by Crippen LogP contribution is 2.33. The molecule has 0 saturated carbocycles. The van der Waals surface area contributed by atoms with Crippen LogP contribution < -0.4 is 5.32 Å². The molecule has 2 aromatic heterocycles. The van der Waals surface area contributed by atoms with E-state index in [0.29, 0.717) is 0 Å². The maximum Gasteiger partial charge on any atom is 0.169 e. The number of thiophene rings is 1. The monoisotopic (exact) mass is 321 g/mol. The van der Waals surface area contributed by atoms with Crippen LogP contribution >= 0.6 is 27.3 Å². The quantitative estimate of drug-likeness (QED) is 0.764. The van der Waals surface area contributed by atoms with Crippen LogP contribution in [-0.2, 0) is 0 Å². The lowest BCUT2D eigenvalue weighted by Crippen LogP contribution is -2.16. The number of rotatable bonds is 3. The van der Waals surface area contributed by atoms with Crippen molar-refractivity contribution >= 4 is 37.4 Å². The second kappa shape index (κ2) is 4.88. The minimum absolute atomic E-state index is 0.0821. The number of furan rings is 1. The summed E-state index contributed by atoms with van der Waals surface area (Å²) in [6, 6.07) is 12.5. The van der Waals surface area contributed by atoms with E-state index in [1.807, 2.05) is 19.2 Å². The minimum atomic E-state index is 0.0821. The van der Waals surface area contributed by atoms with Crippen molar-refractivity contribution in [3.05, 3.63) is 57.8 Å². The van der Waals surface area contributed by atoms with Gasteiger partial charge in [0.05, 0.1) is 6.04 Å². The zero-order valence-corrected chi connectivity index (χ0v) is 12.2. The Kier molecular flexibility index (Phi) is 3.24. The third kappa shape index (κ3) is 2.00. The number of hydrogen-bond donors (Lipinski definition) is 1. The fraction of sp³-hybridized carbons (Fsp3) is 0.143. The first kappa shape index (κ1) is 12.0. The minimum Gasteiger partial charge on any atom is -0.452 e. The van der Waals surface area contributed by atoms with Gasteiger partial charge in [0.2, 0.25) is 0 Å². The molecule has 0 spiro atoms. The van der Waals surface area contributed by atoms with Gasteiger partial charge >= 0.3 is 0 Å². The normalized spacial score (nSPS) is 13.0. The zero-order chi connectivity index (χ0) is 12.5. The Balaban J connectivity index is 2.14. The van der Waals surface area contributed by atoms with Crippen molar-refractivity contribution in [2.45, 2.75) is 6.04 Å². The Bertz CT molecular complexity index is 673. The fourth-order valence-corrected chi connectivity index (χ4v) is 3.44. The maximum atomic E-state index is 5.68. The Labute approximate surface area is 118 Å². The Morgan fingerprint density at radius 2 is 2.11 bits per heavy atom. The Morgan fingerprint density at radius 1 is 1.22 bits per heavy atom. The second-order valence-electron chi connectivity index (χ2n) is 4.05. The highest BCUT2D eigenvalue weighted by atomic mass is 79.9. The van der Waals surface area contributed by atoms with Crippen molar-refractivity contribution in [3.63, 3.8) is 0 Å². The predicted octanol–water partition coefficient (Wildman–Crippen LogP) is 4.57. The number of fused-ring (bicyclic) bond motifs is 1. The first-order valence-electron chi connectivity index (χ1n) is 5.68. The SMILES string of the molecule is CNC(c1ccc(Br)o1)c1cccc2ccsc12. The zero-order valence-electron chi connectivity index (χ0n) is 9.81. The van der Waals surface area contributed by atoms with Gasteiger partial charge in [-0.2, -0.15) is 0 Å². The molecular weight excluding hydrogens is 310 g/mol. The van der Waals surface area contributed by atoms with Gasteiger partial charge in [-0.15, -0.1) is 11.3 Å². The van der Waals surface area contributed by atoms with Crippen LogP contribution in [0.25, 0.3) is 10.1 Å². The largest absolute Gasteiger partial charge is 0.452 e. The molecule has 0 amide bonds. The Morgan fingerprint density at radius 3 is 2.83 bits per heavy atom. The van der Waals surface area contributed by atoms with Crippen LogP contribution in [0.3, 0.4) is 0 Å². The van der Waals surface area contributed by atoms with Crippen molar-refractivity contribution in [2.24, 2.45) is 0 Å². The van der Waals surface area contributed by atoms with Crippen LogP contribution in [0, 0.1) is 0 Å². The van der Waals surface area contributed by atoms with Gasteiger partial charge in [-0.3, -0.25) is 0 Å². The van der Waals surface area contributed by atoms with Gasteiger partial charge in [-0.05, 0) is 57.5 Å². The summed E-state index contributed by atoms with van der Waals surface area (Å²) >= 11 is 5.12. The van der Waals surface area contributed by atoms with E-state index in [1.165, 1.54) is 15.6 Å². The van der Waals surface area contributed by atoms with Gasteiger partial charge in [0.25, 0.3) is 0 Å². The van der Waals surface area contributed by atoms with Crippen LogP contribution in [0.4, 0.5) is 0 Å². The molecule has 0 aliphatic heterocycles. The summed E-state index contributed by atoms with van der Waals surface area (Å²) in [4.78, 5) is 0. The molecule has 1 aromatic carbocycles. The molecule has 18 heavy (non-hydrogen) atoms. The molecule has 1 unspecified atom stereocenters. The van der Waals surface area contributed by atoms with Crippen LogP contribution in [0.2, 0.25) is 0 Å². The van der Waals surface area contributed by atoms with E-state index in [1.54, 1.807) is 11.3 Å². The number of benzene rings is 1. The third-order valence-electron chi connectivity index (χ3n) is 2.99. The summed E-state index contributed by atoms with van der Waals surface area (Å²) < 4.78 is 7.75. The van der Waals surface area contributed by atoms with Gasteiger partial charge in [-0.25, -0.2) is 0 Å². The lowest BCUT2D eigenvalue weighted by atomic mass is 10.0. The second-order valence-corrected chi connectivity index (χ2v) is 5.75.